The SMILES string of the molecule is CCN1CCN(Cc2c(-c3ccc(Cl)c(C)c3)nc3ccc(N)cn23)CC1. The molecular formula is C21H26ClN5. The molecule has 1 aliphatic heterocycles. The highest BCUT2D eigenvalue weighted by Gasteiger charge is 2.21. The standard InChI is InChI=1S/C21H26ClN5/c1-3-25-8-10-26(11-9-25)14-19-21(16-4-6-18(22)15(2)12-16)24-20-7-5-17(23)13-27(19)20/h4-7,12-13H,3,8-11,14,23H2,1-2H3. The van der Waals surface area contributed by atoms with Gasteiger partial charge in [-0.15, -0.1) is 0 Å². The van der Waals surface area contributed by atoms with Crippen LogP contribution in [0.25, 0.3) is 16.9 Å². The number of nitrogen functional groups attached to an aromatic ring is 1. The number of rotatable bonds is 4. The first kappa shape index (κ1) is 18.3. The number of likely N-dealkylation sites (N-methyl/N-ethyl adjacent to an activating group) is 1. The number of benzene rings is 1. The summed E-state index contributed by atoms with van der Waals surface area (Å²) in [5, 5.41) is 0.781. The number of imidazole rings is 1. The fourth-order valence-electron chi connectivity index (χ4n) is 3.76. The Balaban J connectivity index is 1.74. The average Bonchev–Trinajstić information content (AvgIpc) is 3.02. The summed E-state index contributed by atoms with van der Waals surface area (Å²) in [7, 11) is 0. The fourth-order valence-corrected chi connectivity index (χ4v) is 3.88. The summed E-state index contributed by atoms with van der Waals surface area (Å²) in [6, 6.07) is 10.0. The zero-order valence-corrected chi connectivity index (χ0v) is 16.7. The zero-order valence-electron chi connectivity index (χ0n) is 16.0. The average molecular weight is 384 g/mol. The van der Waals surface area contributed by atoms with Crippen molar-refractivity contribution in [1.82, 2.24) is 19.2 Å². The molecule has 6 heteroatoms. The molecule has 0 saturated carbocycles. The molecule has 1 aliphatic rings. The van der Waals surface area contributed by atoms with Crippen molar-refractivity contribution >= 4 is 22.9 Å². The van der Waals surface area contributed by atoms with Crippen molar-refractivity contribution in [2.45, 2.75) is 20.4 Å². The van der Waals surface area contributed by atoms with Gasteiger partial charge < -0.3 is 15.0 Å². The molecule has 1 saturated heterocycles. The largest absolute Gasteiger partial charge is 0.398 e. The summed E-state index contributed by atoms with van der Waals surface area (Å²) >= 11 is 6.24. The van der Waals surface area contributed by atoms with E-state index < -0.39 is 0 Å². The van der Waals surface area contributed by atoms with Gasteiger partial charge in [-0.2, -0.15) is 0 Å². The van der Waals surface area contributed by atoms with Crippen LogP contribution in [0.15, 0.2) is 36.5 Å². The Morgan fingerprint density at radius 2 is 1.81 bits per heavy atom. The van der Waals surface area contributed by atoms with Crippen molar-refractivity contribution in [3.05, 3.63) is 52.8 Å². The van der Waals surface area contributed by atoms with Crippen molar-refractivity contribution in [3.63, 3.8) is 0 Å². The van der Waals surface area contributed by atoms with Gasteiger partial charge >= 0.3 is 0 Å². The third-order valence-corrected chi connectivity index (χ3v) is 5.88. The highest BCUT2D eigenvalue weighted by Crippen LogP contribution is 2.29. The third-order valence-electron chi connectivity index (χ3n) is 5.46. The molecule has 0 aliphatic carbocycles. The Hall–Kier alpha value is -2.08. The second-order valence-electron chi connectivity index (χ2n) is 7.27. The maximum atomic E-state index is 6.24. The van der Waals surface area contributed by atoms with Crippen LogP contribution in [0.2, 0.25) is 5.02 Å². The van der Waals surface area contributed by atoms with E-state index in [0.29, 0.717) is 0 Å². The quantitative estimate of drug-likeness (QED) is 0.746. The van der Waals surface area contributed by atoms with Gasteiger partial charge in [-0.05, 0) is 43.3 Å². The van der Waals surface area contributed by atoms with Gasteiger partial charge in [0.1, 0.15) is 5.65 Å². The van der Waals surface area contributed by atoms with Crippen molar-refractivity contribution in [1.29, 1.82) is 0 Å². The van der Waals surface area contributed by atoms with E-state index in [1.807, 2.05) is 31.3 Å². The van der Waals surface area contributed by atoms with Crippen molar-refractivity contribution in [3.8, 4) is 11.3 Å². The monoisotopic (exact) mass is 383 g/mol. The molecule has 0 spiro atoms. The number of nitrogens with two attached hydrogens (primary N) is 1. The molecule has 3 aromatic rings. The van der Waals surface area contributed by atoms with E-state index in [4.69, 9.17) is 22.3 Å². The van der Waals surface area contributed by atoms with Crippen LogP contribution in [0.3, 0.4) is 0 Å². The molecule has 5 nitrogen and oxygen atoms in total. The molecule has 3 heterocycles. The maximum Gasteiger partial charge on any atom is 0.137 e. The zero-order chi connectivity index (χ0) is 19.0. The van der Waals surface area contributed by atoms with E-state index >= 15 is 0 Å². The molecule has 2 aromatic heterocycles. The molecule has 142 valence electrons. The van der Waals surface area contributed by atoms with Crippen LogP contribution < -0.4 is 5.73 Å². The van der Waals surface area contributed by atoms with E-state index in [9.17, 15) is 0 Å². The smallest absolute Gasteiger partial charge is 0.137 e. The van der Waals surface area contributed by atoms with Crippen molar-refractivity contribution in [2.75, 3.05) is 38.5 Å². The number of halogens is 1. The number of nitrogens with zero attached hydrogens (tertiary/aromatic N) is 4. The van der Waals surface area contributed by atoms with Crippen molar-refractivity contribution in [2.24, 2.45) is 0 Å². The summed E-state index contributed by atoms with van der Waals surface area (Å²) < 4.78 is 2.14. The minimum absolute atomic E-state index is 0.746. The Kier molecular flexibility index (Phi) is 5.08. The van der Waals surface area contributed by atoms with E-state index in [1.54, 1.807) is 0 Å². The summed E-state index contributed by atoms with van der Waals surface area (Å²) in [6.45, 7) is 10.6. The number of hydrogen-bond acceptors (Lipinski definition) is 4. The van der Waals surface area contributed by atoms with E-state index in [0.717, 1.165) is 72.4 Å². The molecule has 1 fully saturated rings. The molecule has 0 atom stereocenters. The third kappa shape index (κ3) is 3.68. The first-order chi connectivity index (χ1) is 13.0. The molecule has 27 heavy (non-hydrogen) atoms. The van der Waals surface area contributed by atoms with Gasteiger partial charge in [-0.3, -0.25) is 4.90 Å². The van der Waals surface area contributed by atoms with Crippen LogP contribution in [-0.4, -0.2) is 51.9 Å². The van der Waals surface area contributed by atoms with Gasteiger partial charge in [0.05, 0.1) is 11.4 Å². The van der Waals surface area contributed by atoms with E-state index in [2.05, 4.69) is 33.3 Å². The maximum absolute atomic E-state index is 6.24. The predicted molar refractivity (Wildman–Crippen MR) is 112 cm³/mol. The van der Waals surface area contributed by atoms with E-state index in [-0.39, 0.29) is 0 Å². The van der Waals surface area contributed by atoms with Gasteiger partial charge in [0, 0.05) is 55.2 Å². The van der Waals surface area contributed by atoms with Crippen LogP contribution in [-0.2, 0) is 6.54 Å². The summed E-state index contributed by atoms with van der Waals surface area (Å²) in [5.74, 6) is 0. The van der Waals surface area contributed by atoms with Gasteiger partial charge in [-0.25, -0.2) is 4.98 Å². The highest BCUT2D eigenvalue weighted by atomic mass is 35.5. The Bertz CT molecular complexity index is 957. The lowest BCUT2D eigenvalue weighted by Crippen LogP contribution is -2.45. The molecule has 0 amide bonds. The lowest BCUT2D eigenvalue weighted by molar-refractivity contribution is 0.131. The number of aromatic nitrogens is 2. The highest BCUT2D eigenvalue weighted by molar-refractivity contribution is 6.31. The molecule has 0 unspecified atom stereocenters. The molecule has 0 bridgehead atoms. The number of fused-ring (bicyclic) bond motifs is 1. The topological polar surface area (TPSA) is 49.8 Å². The van der Waals surface area contributed by atoms with Crippen LogP contribution in [0.1, 0.15) is 18.2 Å². The second kappa shape index (κ2) is 7.50. The van der Waals surface area contributed by atoms with Gasteiger partial charge in [0.25, 0.3) is 0 Å². The predicted octanol–water partition coefficient (Wildman–Crippen LogP) is 3.68. The first-order valence-electron chi connectivity index (χ1n) is 9.53. The summed E-state index contributed by atoms with van der Waals surface area (Å²) in [4.78, 5) is 9.92. The Morgan fingerprint density at radius 3 is 2.52 bits per heavy atom. The number of anilines is 1. The fraction of sp³-hybridized carbons (Fsp3) is 0.381. The van der Waals surface area contributed by atoms with Crippen LogP contribution >= 0.6 is 11.6 Å². The first-order valence-corrected chi connectivity index (χ1v) is 9.90. The van der Waals surface area contributed by atoms with Crippen LogP contribution in [0.4, 0.5) is 5.69 Å². The number of hydrogen-bond donors (Lipinski definition) is 1. The molecule has 0 radical (unpaired) electrons. The molecule has 1 aromatic carbocycles. The van der Waals surface area contributed by atoms with Gasteiger partial charge in [-0.1, -0.05) is 24.6 Å². The van der Waals surface area contributed by atoms with Crippen LogP contribution in [0, 0.1) is 6.92 Å². The molecule has 4 rings (SSSR count). The number of pyridine rings is 1. The summed E-state index contributed by atoms with van der Waals surface area (Å²) in [6.07, 6.45) is 1.98. The Labute approximate surface area is 165 Å². The minimum Gasteiger partial charge on any atom is -0.398 e. The molecular weight excluding hydrogens is 358 g/mol. The normalized spacial score (nSPS) is 16.3. The molecule has 2 N–H and O–H groups in total. The Morgan fingerprint density at radius 1 is 1.07 bits per heavy atom. The lowest BCUT2D eigenvalue weighted by atomic mass is 10.1. The van der Waals surface area contributed by atoms with Crippen molar-refractivity contribution < 1.29 is 0 Å². The van der Waals surface area contributed by atoms with E-state index in [1.165, 1.54) is 5.69 Å². The van der Waals surface area contributed by atoms with Gasteiger partial charge in [0.2, 0.25) is 0 Å². The number of piperazine rings is 1. The van der Waals surface area contributed by atoms with Crippen LogP contribution in [0.5, 0.6) is 0 Å². The van der Waals surface area contributed by atoms with Gasteiger partial charge in [0.15, 0.2) is 0 Å². The lowest BCUT2D eigenvalue weighted by Gasteiger charge is -2.34. The summed E-state index contributed by atoms with van der Waals surface area (Å²) in [5.41, 5.74) is 12.1. The second-order valence-corrected chi connectivity index (χ2v) is 7.68. The number of aryl methyl sites for hydroxylation is 1. The minimum atomic E-state index is 0.746.